The van der Waals surface area contributed by atoms with E-state index in [9.17, 15) is 9.90 Å². The highest BCUT2D eigenvalue weighted by atomic mass is 16.6. The Kier molecular flexibility index (Phi) is 7.19. The molecule has 6 heteroatoms. The molecule has 1 aromatic carbocycles. The summed E-state index contributed by atoms with van der Waals surface area (Å²) < 4.78 is 23.3. The predicted octanol–water partition coefficient (Wildman–Crippen LogP) is 3.15. The van der Waals surface area contributed by atoms with Crippen LogP contribution in [0.5, 0.6) is 0 Å². The van der Waals surface area contributed by atoms with E-state index in [1.807, 2.05) is 30.3 Å². The van der Waals surface area contributed by atoms with Gasteiger partial charge in [0.05, 0.1) is 37.1 Å². The van der Waals surface area contributed by atoms with Gasteiger partial charge < -0.3 is 24.1 Å². The molecule has 6 atom stereocenters. The van der Waals surface area contributed by atoms with Gasteiger partial charge in [0.2, 0.25) is 0 Å². The largest absolute Gasteiger partial charge is 0.460 e. The number of aliphatic hydroxyl groups is 1. The van der Waals surface area contributed by atoms with Gasteiger partial charge >= 0.3 is 5.97 Å². The van der Waals surface area contributed by atoms with Crippen molar-refractivity contribution < 1.29 is 28.8 Å². The Morgan fingerprint density at radius 1 is 0.966 bits per heavy atom. The fraction of sp³-hybridized carbons (Fsp3) is 0.696. The third kappa shape index (κ3) is 5.57. The number of benzene rings is 1. The molecule has 3 aliphatic heterocycles. The molecule has 0 unspecified atom stereocenters. The fourth-order valence-corrected chi connectivity index (χ4v) is 4.64. The third-order valence-electron chi connectivity index (χ3n) is 6.24. The van der Waals surface area contributed by atoms with E-state index in [2.05, 4.69) is 0 Å². The van der Waals surface area contributed by atoms with Crippen LogP contribution in [0.1, 0.15) is 56.9 Å². The van der Waals surface area contributed by atoms with Crippen LogP contribution in [0.4, 0.5) is 0 Å². The molecule has 3 fully saturated rings. The van der Waals surface area contributed by atoms with Gasteiger partial charge in [-0.25, -0.2) is 0 Å². The molecule has 3 heterocycles. The minimum atomic E-state index is -0.465. The topological polar surface area (TPSA) is 74.2 Å². The molecule has 0 radical (unpaired) electrons. The zero-order chi connectivity index (χ0) is 20.1. The molecule has 0 aliphatic carbocycles. The van der Waals surface area contributed by atoms with E-state index < -0.39 is 6.10 Å². The first-order chi connectivity index (χ1) is 14.2. The van der Waals surface area contributed by atoms with E-state index in [0.717, 1.165) is 44.1 Å². The molecule has 4 rings (SSSR count). The number of hydrogen-bond donors (Lipinski definition) is 1. The lowest BCUT2D eigenvalue weighted by atomic mass is 10.0. The van der Waals surface area contributed by atoms with Crippen molar-refractivity contribution in [3.05, 3.63) is 35.9 Å². The Morgan fingerprint density at radius 3 is 2.45 bits per heavy atom. The Hall–Kier alpha value is -1.47. The van der Waals surface area contributed by atoms with E-state index in [1.54, 1.807) is 0 Å². The number of esters is 1. The number of cyclic esters (lactones) is 1. The highest BCUT2D eigenvalue weighted by Crippen LogP contribution is 2.36. The molecular weight excluding hydrogens is 372 g/mol. The standard InChI is InChI=1S/C23H32O6/c24-17(7-4-14-26-15-16-5-2-1-3-6-16)18-8-9-19(27-18)20-10-11-21(28-20)22-12-13-23(25)29-22/h1-3,5-6,17-22,24H,4,7-15H2/t17-,18-,19+,20+,21+,22-/m0/s1. The van der Waals surface area contributed by atoms with Crippen molar-refractivity contribution in [2.24, 2.45) is 0 Å². The van der Waals surface area contributed by atoms with Crippen LogP contribution in [0.25, 0.3) is 0 Å². The summed E-state index contributed by atoms with van der Waals surface area (Å²) in [6.45, 7) is 1.24. The molecule has 0 saturated carbocycles. The Morgan fingerprint density at radius 2 is 1.69 bits per heavy atom. The van der Waals surface area contributed by atoms with Gasteiger partial charge in [-0.2, -0.15) is 0 Å². The van der Waals surface area contributed by atoms with Crippen LogP contribution < -0.4 is 0 Å². The molecule has 6 nitrogen and oxygen atoms in total. The van der Waals surface area contributed by atoms with Crippen molar-refractivity contribution in [2.45, 2.75) is 94.6 Å². The van der Waals surface area contributed by atoms with Crippen LogP contribution in [0, 0.1) is 0 Å². The van der Waals surface area contributed by atoms with E-state index in [1.165, 1.54) is 0 Å². The maximum atomic E-state index is 11.3. The van der Waals surface area contributed by atoms with Crippen LogP contribution in [0.2, 0.25) is 0 Å². The van der Waals surface area contributed by atoms with Crippen molar-refractivity contribution in [2.75, 3.05) is 6.61 Å². The van der Waals surface area contributed by atoms with Gasteiger partial charge in [-0.05, 0) is 50.5 Å². The monoisotopic (exact) mass is 404 g/mol. The second kappa shape index (κ2) is 10.0. The maximum absolute atomic E-state index is 11.3. The molecule has 1 N–H and O–H groups in total. The number of rotatable bonds is 9. The van der Waals surface area contributed by atoms with Gasteiger partial charge in [0.25, 0.3) is 0 Å². The lowest BCUT2D eigenvalue weighted by Crippen LogP contribution is -2.33. The normalized spacial score (nSPS) is 33.1. The molecular formula is C23H32O6. The van der Waals surface area contributed by atoms with E-state index in [4.69, 9.17) is 18.9 Å². The Bertz CT molecular complexity index is 650. The van der Waals surface area contributed by atoms with Crippen molar-refractivity contribution in [3.63, 3.8) is 0 Å². The highest BCUT2D eigenvalue weighted by molar-refractivity contribution is 5.71. The minimum Gasteiger partial charge on any atom is -0.460 e. The van der Waals surface area contributed by atoms with Gasteiger partial charge in [-0.15, -0.1) is 0 Å². The number of aliphatic hydroxyl groups excluding tert-OH is 1. The lowest BCUT2D eigenvalue weighted by molar-refractivity contribution is -0.149. The van der Waals surface area contributed by atoms with Gasteiger partial charge in [0.15, 0.2) is 0 Å². The van der Waals surface area contributed by atoms with Gasteiger partial charge in [0, 0.05) is 13.0 Å². The maximum Gasteiger partial charge on any atom is 0.306 e. The summed E-state index contributed by atoms with van der Waals surface area (Å²) in [5.74, 6) is -0.116. The van der Waals surface area contributed by atoms with E-state index in [0.29, 0.717) is 26.1 Å². The number of carbonyl (C=O) groups is 1. The van der Waals surface area contributed by atoms with Gasteiger partial charge in [-0.3, -0.25) is 4.79 Å². The average molecular weight is 405 g/mol. The van der Waals surface area contributed by atoms with Crippen LogP contribution >= 0.6 is 0 Å². The summed E-state index contributed by atoms with van der Waals surface area (Å²) in [7, 11) is 0. The molecule has 0 amide bonds. The molecule has 29 heavy (non-hydrogen) atoms. The first-order valence-corrected chi connectivity index (χ1v) is 11.0. The number of hydrogen-bond acceptors (Lipinski definition) is 6. The summed E-state index contributed by atoms with van der Waals surface area (Å²) in [6.07, 6.45) is 5.76. The molecule has 0 bridgehead atoms. The average Bonchev–Trinajstić information content (AvgIpc) is 3.48. The number of ether oxygens (including phenoxy) is 4. The zero-order valence-corrected chi connectivity index (χ0v) is 16.9. The molecule has 160 valence electrons. The molecule has 1 aromatic rings. The number of carbonyl (C=O) groups excluding carboxylic acids is 1. The Labute approximate surface area is 172 Å². The first-order valence-electron chi connectivity index (χ1n) is 11.0. The summed E-state index contributed by atoms with van der Waals surface area (Å²) in [6, 6.07) is 10.1. The quantitative estimate of drug-likeness (QED) is 0.503. The Balaban J connectivity index is 1.12. The lowest BCUT2D eigenvalue weighted by Gasteiger charge is -2.24. The van der Waals surface area contributed by atoms with E-state index in [-0.39, 0.29) is 36.5 Å². The van der Waals surface area contributed by atoms with Gasteiger partial charge in [-0.1, -0.05) is 30.3 Å². The van der Waals surface area contributed by atoms with Crippen LogP contribution in [-0.4, -0.2) is 54.3 Å². The minimum absolute atomic E-state index is 0.000729. The summed E-state index contributed by atoms with van der Waals surface area (Å²) in [4.78, 5) is 11.3. The summed E-state index contributed by atoms with van der Waals surface area (Å²) >= 11 is 0. The molecule has 3 aliphatic rings. The second-order valence-electron chi connectivity index (χ2n) is 8.40. The molecule has 3 saturated heterocycles. The van der Waals surface area contributed by atoms with Crippen LogP contribution in [-0.2, 0) is 30.3 Å². The molecule has 0 aromatic heterocycles. The third-order valence-corrected chi connectivity index (χ3v) is 6.24. The van der Waals surface area contributed by atoms with Gasteiger partial charge in [0.1, 0.15) is 6.10 Å². The molecule has 0 spiro atoms. The highest BCUT2D eigenvalue weighted by Gasteiger charge is 2.43. The second-order valence-corrected chi connectivity index (χ2v) is 8.40. The van der Waals surface area contributed by atoms with Crippen molar-refractivity contribution in [1.29, 1.82) is 0 Å². The van der Waals surface area contributed by atoms with Crippen LogP contribution in [0.15, 0.2) is 30.3 Å². The fourth-order valence-electron chi connectivity index (χ4n) is 4.64. The smallest absolute Gasteiger partial charge is 0.306 e. The zero-order valence-electron chi connectivity index (χ0n) is 16.9. The summed E-state index contributed by atoms with van der Waals surface area (Å²) in [5.41, 5.74) is 1.16. The van der Waals surface area contributed by atoms with Crippen molar-refractivity contribution in [3.8, 4) is 0 Å². The predicted molar refractivity (Wildman–Crippen MR) is 106 cm³/mol. The first kappa shape index (κ1) is 20.8. The SMILES string of the molecule is O=C1CC[C@@H]([C@H]2CC[C@H]([C@H]3CC[C@@H]([C@@H](O)CCCOCc4ccccc4)O3)O2)O1. The van der Waals surface area contributed by atoms with Crippen molar-refractivity contribution in [1.82, 2.24) is 0 Å². The summed E-state index contributed by atoms with van der Waals surface area (Å²) in [5, 5.41) is 10.5. The van der Waals surface area contributed by atoms with E-state index >= 15 is 0 Å². The van der Waals surface area contributed by atoms with Crippen LogP contribution in [0.3, 0.4) is 0 Å². The van der Waals surface area contributed by atoms with Crippen molar-refractivity contribution >= 4 is 5.97 Å².